The number of halogens is 1. The molecule has 0 aliphatic heterocycles. The Bertz CT molecular complexity index is 1140. The van der Waals surface area contributed by atoms with Crippen LogP contribution in [0.1, 0.15) is 40.7 Å². The summed E-state index contributed by atoms with van der Waals surface area (Å²) < 4.78 is 1.87. The van der Waals surface area contributed by atoms with Crippen LogP contribution in [0.25, 0.3) is 15.9 Å². The summed E-state index contributed by atoms with van der Waals surface area (Å²) in [6.07, 6.45) is 3.43. The molecule has 4 nitrogen and oxygen atoms in total. The van der Waals surface area contributed by atoms with E-state index in [1.165, 1.54) is 29.7 Å². The highest BCUT2D eigenvalue weighted by atomic mass is 35.5. The monoisotopic (exact) mass is 423 g/mol. The Labute approximate surface area is 179 Å². The van der Waals surface area contributed by atoms with Crippen LogP contribution in [0.15, 0.2) is 54.6 Å². The number of benzene rings is 2. The molecule has 0 saturated heterocycles. The van der Waals surface area contributed by atoms with Gasteiger partial charge in [0.05, 0.1) is 16.3 Å². The second kappa shape index (κ2) is 8.39. The van der Waals surface area contributed by atoms with Crippen molar-refractivity contribution in [2.24, 2.45) is 0 Å². The summed E-state index contributed by atoms with van der Waals surface area (Å²) >= 11 is 7.44. The predicted molar refractivity (Wildman–Crippen MR) is 122 cm³/mol. The molecule has 0 atom stereocenters. The Morgan fingerprint density at radius 2 is 1.86 bits per heavy atom. The quantitative estimate of drug-likeness (QED) is 0.377. The standard InChI is InChI=1S/C23H22ClN3OS/c1-3-4-5-16-6-10-18(11-7-16)25-22(28)21-14-20-15(2)26-27(23(20)29-21)19-12-8-17(24)9-13-19/h6-14H,3-5H2,1-2H3,(H,25,28). The van der Waals surface area contributed by atoms with Gasteiger partial charge in [-0.05, 0) is 67.8 Å². The molecule has 0 bridgehead atoms. The van der Waals surface area contributed by atoms with Crippen molar-refractivity contribution in [3.8, 4) is 5.69 Å². The van der Waals surface area contributed by atoms with Gasteiger partial charge < -0.3 is 5.32 Å². The number of hydrogen-bond donors (Lipinski definition) is 1. The number of hydrogen-bond acceptors (Lipinski definition) is 3. The molecule has 0 unspecified atom stereocenters. The molecule has 0 aliphatic carbocycles. The van der Waals surface area contributed by atoms with Crippen LogP contribution < -0.4 is 5.32 Å². The number of carbonyl (C=O) groups is 1. The minimum atomic E-state index is -0.102. The zero-order valence-corrected chi connectivity index (χ0v) is 18.0. The molecule has 2 aromatic heterocycles. The second-order valence-electron chi connectivity index (χ2n) is 7.06. The van der Waals surface area contributed by atoms with Gasteiger partial charge in [0.1, 0.15) is 4.83 Å². The first-order valence-electron chi connectivity index (χ1n) is 9.70. The number of aromatic nitrogens is 2. The van der Waals surface area contributed by atoms with Gasteiger partial charge in [0.15, 0.2) is 0 Å². The van der Waals surface area contributed by atoms with Gasteiger partial charge in [-0.15, -0.1) is 11.3 Å². The fourth-order valence-corrected chi connectivity index (χ4v) is 4.45. The van der Waals surface area contributed by atoms with E-state index in [0.29, 0.717) is 9.90 Å². The molecule has 4 rings (SSSR count). The smallest absolute Gasteiger partial charge is 0.265 e. The van der Waals surface area contributed by atoms with E-state index in [-0.39, 0.29) is 5.91 Å². The normalized spacial score (nSPS) is 11.1. The SMILES string of the molecule is CCCCc1ccc(NC(=O)c2cc3c(C)nn(-c4ccc(Cl)cc4)c3s2)cc1. The molecule has 4 aromatic rings. The van der Waals surface area contributed by atoms with E-state index in [2.05, 4.69) is 29.5 Å². The maximum atomic E-state index is 12.8. The molecular weight excluding hydrogens is 402 g/mol. The summed E-state index contributed by atoms with van der Waals surface area (Å²) in [5.74, 6) is -0.102. The van der Waals surface area contributed by atoms with Crippen molar-refractivity contribution in [3.63, 3.8) is 0 Å². The predicted octanol–water partition coefficient (Wildman–Crippen LogP) is 6.64. The third-order valence-corrected chi connectivity index (χ3v) is 6.23. The molecule has 2 heterocycles. The number of nitrogens with zero attached hydrogens (tertiary/aromatic N) is 2. The number of amides is 1. The highest BCUT2D eigenvalue weighted by Gasteiger charge is 2.17. The molecule has 0 spiro atoms. The lowest BCUT2D eigenvalue weighted by atomic mass is 10.1. The van der Waals surface area contributed by atoms with Gasteiger partial charge in [0.25, 0.3) is 5.91 Å². The lowest BCUT2D eigenvalue weighted by molar-refractivity contribution is 0.103. The van der Waals surface area contributed by atoms with Crippen LogP contribution in [0.5, 0.6) is 0 Å². The minimum absolute atomic E-state index is 0.102. The first-order valence-corrected chi connectivity index (χ1v) is 10.9. The van der Waals surface area contributed by atoms with Crippen molar-refractivity contribution in [3.05, 3.63) is 75.8 Å². The Morgan fingerprint density at radius 3 is 2.55 bits per heavy atom. The van der Waals surface area contributed by atoms with Crippen molar-refractivity contribution in [2.75, 3.05) is 5.32 Å². The summed E-state index contributed by atoms with van der Waals surface area (Å²) in [5.41, 5.74) is 3.92. The minimum Gasteiger partial charge on any atom is -0.321 e. The lowest BCUT2D eigenvalue weighted by Crippen LogP contribution is -2.10. The van der Waals surface area contributed by atoms with Crippen LogP contribution in [0.2, 0.25) is 5.02 Å². The highest BCUT2D eigenvalue weighted by molar-refractivity contribution is 7.20. The van der Waals surface area contributed by atoms with Gasteiger partial charge in [-0.3, -0.25) is 4.79 Å². The molecule has 148 valence electrons. The Morgan fingerprint density at radius 1 is 1.14 bits per heavy atom. The van der Waals surface area contributed by atoms with E-state index in [0.717, 1.165) is 33.7 Å². The van der Waals surface area contributed by atoms with E-state index in [1.54, 1.807) is 0 Å². The Kier molecular flexibility index (Phi) is 5.69. The van der Waals surface area contributed by atoms with Gasteiger partial charge in [-0.1, -0.05) is 37.1 Å². The molecule has 29 heavy (non-hydrogen) atoms. The fraction of sp³-hybridized carbons (Fsp3) is 0.217. The first kappa shape index (κ1) is 19.7. The van der Waals surface area contributed by atoms with E-state index in [1.807, 2.05) is 54.1 Å². The first-order chi connectivity index (χ1) is 14.0. The van der Waals surface area contributed by atoms with E-state index >= 15 is 0 Å². The molecule has 0 aliphatic rings. The number of unbranched alkanes of at least 4 members (excludes halogenated alkanes) is 1. The highest BCUT2D eigenvalue weighted by Crippen LogP contribution is 2.31. The molecule has 0 fully saturated rings. The molecule has 1 N–H and O–H groups in total. The zero-order chi connectivity index (χ0) is 20.4. The number of nitrogens with one attached hydrogen (secondary N) is 1. The summed E-state index contributed by atoms with van der Waals surface area (Å²) in [7, 11) is 0. The molecule has 0 radical (unpaired) electrons. The number of fused-ring (bicyclic) bond motifs is 1. The summed E-state index contributed by atoms with van der Waals surface area (Å²) in [6.45, 7) is 4.14. The average Bonchev–Trinajstić information content (AvgIpc) is 3.29. The van der Waals surface area contributed by atoms with Gasteiger partial charge in [0.2, 0.25) is 0 Å². The average molecular weight is 424 g/mol. The van der Waals surface area contributed by atoms with Crippen molar-refractivity contribution < 1.29 is 4.79 Å². The van der Waals surface area contributed by atoms with E-state index < -0.39 is 0 Å². The van der Waals surface area contributed by atoms with Crippen molar-refractivity contribution >= 4 is 44.7 Å². The molecular formula is C23H22ClN3OS. The van der Waals surface area contributed by atoms with Crippen LogP contribution in [-0.2, 0) is 6.42 Å². The van der Waals surface area contributed by atoms with E-state index in [4.69, 9.17) is 11.6 Å². The molecule has 1 amide bonds. The Balaban J connectivity index is 1.57. The number of thiophene rings is 1. The van der Waals surface area contributed by atoms with Crippen LogP contribution in [0, 0.1) is 6.92 Å². The topological polar surface area (TPSA) is 46.9 Å². The number of anilines is 1. The number of rotatable bonds is 6. The number of aryl methyl sites for hydroxylation is 2. The van der Waals surface area contributed by atoms with Gasteiger partial charge >= 0.3 is 0 Å². The van der Waals surface area contributed by atoms with Gasteiger partial charge in [-0.2, -0.15) is 5.10 Å². The van der Waals surface area contributed by atoms with Crippen LogP contribution in [-0.4, -0.2) is 15.7 Å². The lowest BCUT2D eigenvalue weighted by Gasteiger charge is -2.05. The number of carbonyl (C=O) groups excluding carboxylic acids is 1. The summed E-state index contributed by atoms with van der Waals surface area (Å²) in [6, 6.07) is 17.5. The van der Waals surface area contributed by atoms with Crippen molar-refractivity contribution in [1.29, 1.82) is 0 Å². The van der Waals surface area contributed by atoms with Crippen LogP contribution in [0.3, 0.4) is 0 Å². The molecule has 0 saturated carbocycles. The second-order valence-corrected chi connectivity index (χ2v) is 8.52. The van der Waals surface area contributed by atoms with Crippen molar-refractivity contribution in [1.82, 2.24) is 9.78 Å². The maximum absolute atomic E-state index is 12.8. The van der Waals surface area contributed by atoms with Gasteiger partial charge in [0, 0.05) is 16.1 Å². The zero-order valence-electron chi connectivity index (χ0n) is 16.4. The largest absolute Gasteiger partial charge is 0.321 e. The third-order valence-electron chi connectivity index (χ3n) is 4.87. The molecule has 6 heteroatoms. The molecule has 2 aromatic carbocycles. The van der Waals surface area contributed by atoms with Gasteiger partial charge in [-0.25, -0.2) is 4.68 Å². The Hall–Kier alpha value is -2.63. The fourth-order valence-electron chi connectivity index (χ4n) is 3.24. The summed E-state index contributed by atoms with van der Waals surface area (Å²) in [5, 5.41) is 9.30. The maximum Gasteiger partial charge on any atom is 0.265 e. The van der Waals surface area contributed by atoms with Crippen LogP contribution >= 0.6 is 22.9 Å². The van der Waals surface area contributed by atoms with E-state index in [9.17, 15) is 4.79 Å². The summed E-state index contributed by atoms with van der Waals surface area (Å²) in [4.78, 5) is 14.4. The van der Waals surface area contributed by atoms with Crippen molar-refractivity contribution in [2.45, 2.75) is 33.1 Å². The third kappa shape index (κ3) is 4.21. The van der Waals surface area contributed by atoms with Crippen LogP contribution in [0.4, 0.5) is 5.69 Å².